The SMILES string of the molecule is CCC(CCCCCO)(CCCCCCO)CCCCCCO. The maximum atomic E-state index is 8.96. The minimum absolute atomic E-state index is 0.321. The summed E-state index contributed by atoms with van der Waals surface area (Å²) in [6.07, 6.45) is 17.7. The summed E-state index contributed by atoms with van der Waals surface area (Å²) in [5, 5.41) is 26.7. The largest absolute Gasteiger partial charge is 0.396 e. The first-order chi connectivity index (χ1) is 11.2. The molecule has 0 aromatic carbocycles. The lowest BCUT2D eigenvalue weighted by atomic mass is 9.72. The summed E-state index contributed by atoms with van der Waals surface area (Å²) < 4.78 is 0. The lowest BCUT2D eigenvalue weighted by Gasteiger charge is -2.34. The van der Waals surface area contributed by atoms with Crippen LogP contribution in [-0.2, 0) is 0 Å². The van der Waals surface area contributed by atoms with Crippen LogP contribution in [0.3, 0.4) is 0 Å². The van der Waals surface area contributed by atoms with Crippen molar-refractivity contribution in [3.63, 3.8) is 0 Å². The van der Waals surface area contributed by atoms with E-state index in [4.69, 9.17) is 15.3 Å². The summed E-state index contributed by atoms with van der Waals surface area (Å²) in [4.78, 5) is 0. The zero-order valence-corrected chi connectivity index (χ0v) is 15.6. The topological polar surface area (TPSA) is 60.7 Å². The molecule has 3 heteroatoms. The van der Waals surface area contributed by atoms with Crippen LogP contribution in [0, 0.1) is 5.41 Å². The lowest BCUT2D eigenvalue weighted by Crippen LogP contribution is -2.20. The number of rotatable bonds is 18. The van der Waals surface area contributed by atoms with Crippen molar-refractivity contribution in [2.45, 2.75) is 103 Å². The predicted molar refractivity (Wildman–Crippen MR) is 98.6 cm³/mol. The quantitative estimate of drug-likeness (QED) is 0.316. The fraction of sp³-hybridized carbons (Fsp3) is 1.00. The highest BCUT2D eigenvalue weighted by molar-refractivity contribution is 4.78. The molecule has 0 radical (unpaired) electrons. The summed E-state index contributed by atoms with van der Waals surface area (Å²) in [6, 6.07) is 0. The summed E-state index contributed by atoms with van der Waals surface area (Å²) in [5.74, 6) is 0. The number of unbranched alkanes of at least 4 members (excludes halogenated alkanes) is 8. The van der Waals surface area contributed by atoms with Crippen LogP contribution in [0.15, 0.2) is 0 Å². The van der Waals surface area contributed by atoms with E-state index in [-0.39, 0.29) is 0 Å². The fourth-order valence-corrected chi connectivity index (χ4v) is 3.62. The average molecular weight is 331 g/mol. The Morgan fingerprint density at radius 1 is 0.478 bits per heavy atom. The van der Waals surface area contributed by atoms with E-state index in [1.807, 2.05) is 0 Å². The van der Waals surface area contributed by atoms with Crippen LogP contribution >= 0.6 is 0 Å². The maximum absolute atomic E-state index is 8.96. The van der Waals surface area contributed by atoms with Gasteiger partial charge in [0.05, 0.1) is 0 Å². The molecule has 3 N–H and O–H groups in total. The summed E-state index contributed by atoms with van der Waals surface area (Å²) in [5.41, 5.74) is 0.480. The molecule has 3 nitrogen and oxygen atoms in total. The van der Waals surface area contributed by atoms with Crippen LogP contribution < -0.4 is 0 Å². The molecule has 0 aliphatic carbocycles. The Bertz CT molecular complexity index is 217. The van der Waals surface area contributed by atoms with E-state index in [1.54, 1.807) is 0 Å². The van der Waals surface area contributed by atoms with Gasteiger partial charge in [0.2, 0.25) is 0 Å². The first-order valence-electron chi connectivity index (χ1n) is 10.1. The number of aliphatic hydroxyl groups excluding tert-OH is 3. The van der Waals surface area contributed by atoms with Gasteiger partial charge in [0.25, 0.3) is 0 Å². The minimum atomic E-state index is 0.321. The van der Waals surface area contributed by atoms with E-state index in [0.29, 0.717) is 25.2 Å². The molecule has 140 valence electrons. The van der Waals surface area contributed by atoms with Gasteiger partial charge in [-0.2, -0.15) is 0 Å². The molecule has 0 saturated carbocycles. The van der Waals surface area contributed by atoms with Gasteiger partial charge in [-0.05, 0) is 43.9 Å². The Hall–Kier alpha value is -0.120. The van der Waals surface area contributed by atoms with Crippen molar-refractivity contribution < 1.29 is 15.3 Å². The smallest absolute Gasteiger partial charge is 0.0431 e. The Kier molecular flexibility index (Phi) is 16.6. The summed E-state index contributed by atoms with van der Waals surface area (Å²) >= 11 is 0. The first-order valence-corrected chi connectivity index (χ1v) is 10.1. The minimum Gasteiger partial charge on any atom is -0.396 e. The van der Waals surface area contributed by atoms with E-state index in [1.165, 1.54) is 57.8 Å². The highest BCUT2D eigenvalue weighted by atomic mass is 16.3. The zero-order chi connectivity index (χ0) is 17.2. The van der Waals surface area contributed by atoms with Crippen LogP contribution in [0.1, 0.15) is 103 Å². The molecule has 0 heterocycles. The van der Waals surface area contributed by atoms with Gasteiger partial charge in [-0.15, -0.1) is 0 Å². The van der Waals surface area contributed by atoms with Crippen molar-refractivity contribution in [2.24, 2.45) is 5.41 Å². The maximum Gasteiger partial charge on any atom is 0.0431 e. The Labute approximate surface area is 144 Å². The van der Waals surface area contributed by atoms with Crippen molar-refractivity contribution >= 4 is 0 Å². The van der Waals surface area contributed by atoms with Gasteiger partial charge in [-0.1, -0.05) is 64.7 Å². The van der Waals surface area contributed by atoms with E-state index < -0.39 is 0 Å². The molecule has 0 atom stereocenters. The third kappa shape index (κ3) is 12.9. The summed E-state index contributed by atoms with van der Waals surface area (Å²) in [6.45, 7) is 3.31. The molecule has 0 spiro atoms. The molecule has 0 aliphatic rings. The molecule has 0 saturated heterocycles. The third-order valence-corrected chi connectivity index (χ3v) is 5.35. The predicted octanol–water partition coefficient (Wildman–Crippen LogP) is 4.82. The molecule has 0 rings (SSSR count). The van der Waals surface area contributed by atoms with E-state index >= 15 is 0 Å². The second-order valence-electron chi connectivity index (χ2n) is 7.16. The van der Waals surface area contributed by atoms with E-state index in [9.17, 15) is 0 Å². The second kappa shape index (κ2) is 16.7. The van der Waals surface area contributed by atoms with Crippen molar-refractivity contribution in [1.29, 1.82) is 0 Å². The van der Waals surface area contributed by atoms with Crippen LogP contribution in [-0.4, -0.2) is 35.1 Å². The van der Waals surface area contributed by atoms with E-state index in [2.05, 4.69) is 6.92 Å². The van der Waals surface area contributed by atoms with Crippen molar-refractivity contribution in [1.82, 2.24) is 0 Å². The van der Waals surface area contributed by atoms with Crippen LogP contribution in [0.5, 0.6) is 0 Å². The highest BCUT2D eigenvalue weighted by Crippen LogP contribution is 2.40. The Morgan fingerprint density at radius 2 is 0.783 bits per heavy atom. The fourth-order valence-electron chi connectivity index (χ4n) is 3.62. The molecule has 0 fully saturated rings. The molecule has 0 aromatic rings. The molecule has 0 aromatic heterocycles. The zero-order valence-electron chi connectivity index (χ0n) is 15.6. The van der Waals surface area contributed by atoms with Crippen LogP contribution in [0.25, 0.3) is 0 Å². The monoisotopic (exact) mass is 330 g/mol. The molecule has 0 amide bonds. The Morgan fingerprint density at radius 3 is 1.09 bits per heavy atom. The van der Waals surface area contributed by atoms with Gasteiger partial charge < -0.3 is 15.3 Å². The summed E-state index contributed by atoms with van der Waals surface area (Å²) in [7, 11) is 0. The van der Waals surface area contributed by atoms with Gasteiger partial charge in [0.1, 0.15) is 0 Å². The van der Waals surface area contributed by atoms with Gasteiger partial charge in [0, 0.05) is 19.8 Å². The molecular formula is C20H42O3. The molecular weight excluding hydrogens is 288 g/mol. The van der Waals surface area contributed by atoms with Gasteiger partial charge in [-0.3, -0.25) is 0 Å². The van der Waals surface area contributed by atoms with Gasteiger partial charge in [0.15, 0.2) is 0 Å². The first kappa shape index (κ1) is 22.9. The van der Waals surface area contributed by atoms with Gasteiger partial charge in [-0.25, -0.2) is 0 Å². The number of hydrogen-bond acceptors (Lipinski definition) is 3. The molecule has 0 aliphatic heterocycles. The average Bonchev–Trinajstić information content (AvgIpc) is 2.57. The molecule has 23 heavy (non-hydrogen) atoms. The number of aliphatic hydroxyl groups is 3. The molecule has 0 unspecified atom stereocenters. The Balaban J connectivity index is 4.22. The van der Waals surface area contributed by atoms with Crippen molar-refractivity contribution in [2.75, 3.05) is 19.8 Å². The molecule has 0 bridgehead atoms. The highest BCUT2D eigenvalue weighted by Gasteiger charge is 2.26. The van der Waals surface area contributed by atoms with Crippen molar-refractivity contribution in [3.8, 4) is 0 Å². The standard InChI is InChI=1S/C20H42O3/c1-2-20(16-10-7-13-19-23,14-8-3-5-11-17-21)15-9-4-6-12-18-22/h21-23H,2-19H2,1H3. The lowest BCUT2D eigenvalue weighted by molar-refractivity contribution is 0.182. The van der Waals surface area contributed by atoms with Crippen molar-refractivity contribution in [3.05, 3.63) is 0 Å². The van der Waals surface area contributed by atoms with Crippen LogP contribution in [0.4, 0.5) is 0 Å². The van der Waals surface area contributed by atoms with Gasteiger partial charge >= 0.3 is 0 Å². The normalized spacial score (nSPS) is 12.0. The third-order valence-electron chi connectivity index (χ3n) is 5.35. The van der Waals surface area contributed by atoms with E-state index in [0.717, 1.165) is 38.5 Å². The second-order valence-corrected chi connectivity index (χ2v) is 7.16. The van der Waals surface area contributed by atoms with Crippen LogP contribution in [0.2, 0.25) is 0 Å². The number of hydrogen-bond donors (Lipinski definition) is 3.